The molecule has 0 heterocycles. The summed E-state index contributed by atoms with van der Waals surface area (Å²) in [7, 11) is 1.17. The van der Waals surface area contributed by atoms with E-state index in [9.17, 15) is 19.0 Å². The third kappa shape index (κ3) is 40.4. The van der Waals surface area contributed by atoms with Crippen molar-refractivity contribution in [2.75, 3.05) is 47.5 Å². The Morgan fingerprint density at radius 3 is 1.37 bits per heavy atom. The number of ether oxygens (including phenoxy) is 2. The van der Waals surface area contributed by atoms with E-state index >= 15 is 0 Å². The Bertz CT molecular complexity index is 938. The Kier molecular flexibility index (Phi) is 36.5. The van der Waals surface area contributed by atoms with E-state index < -0.39 is 26.5 Å². The van der Waals surface area contributed by atoms with Crippen molar-refractivity contribution in [1.82, 2.24) is 0 Å². The van der Waals surface area contributed by atoms with Crippen LogP contribution in [0.15, 0.2) is 12.2 Å². The van der Waals surface area contributed by atoms with Crippen LogP contribution in [0.4, 0.5) is 0 Å². The molecule has 0 radical (unpaired) electrons. The highest BCUT2D eigenvalue weighted by Crippen LogP contribution is 2.38. The molecular formula is C44H86NO8P. The number of hydrogen-bond acceptors (Lipinski definition) is 8. The molecule has 9 nitrogen and oxygen atoms in total. The quantitative estimate of drug-likeness (QED) is 0.0198. The highest BCUT2D eigenvalue weighted by atomic mass is 31.2. The zero-order valence-corrected chi connectivity index (χ0v) is 36.8. The summed E-state index contributed by atoms with van der Waals surface area (Å²) in [6.07, 6.45) is 38.2. The fourth-order valence-electron chi connectivity index (χ4n) is 6.24. The lowest BCUT2D eigenvalue weighted by Gasteiger charge is -2.28. The number of carbonyl (C=O) groups excluding carboxylic acids is 2. The number of unbranched alkanes of at least 4 members (excludes halogenated alkanes) is 25. The van der Waals surface area contributed by atoms with Crippen LogP contribution in [0.25, 0.3) is 0 Å². The van der Waals surface area contributed by atoms with Crippen molar-refractivity contribution in [1.29, 1.82) is 0 Å². The summed E-state index contributed by atoms with van der Waals surface area (Å²) in [5.41, 5.74) is 0. The summed E-state index contributed by atoms with van der Waals surface area (Å²) in [6.45, 7) is 4.22. The van der Waals surface area contributed by atoms with Crippen LogP contribution in [0.2, 0.25) is 0 Å². The monoisotopic (exact) mass is 788 g/mol. The maximum atomic E-state index is 12.7. The minimum absolute atomic E-state index is 0.0282. The van der Waals surface area contributed by atoms with Crippen LogP contribution in [0.3, 0.4) is 0 Å². The molecule has 2 atom stereocenters. The van der Waals surface area contributed by atoms with E-state index in [-0.39, 0.29) is 32.0 Å². The average molecular weight is 788 g/mol. The van der Waals surface area contributed by atoms with Crippen molar-refractivity contribution in [3.05, 3.63) is 12.2 Å². The van der Waals surface area contributed by atoms with Gasteiger partial charge in [-0.15, -0.1) is 0 Å². The fraction of sp³-hybridized carbons (Fsp3) is 0.909. The summed E-state index contributed by atoms with van der Waals surface area (Å²) in [5, 5.41) is 0. The van der Waals surface area contributed by atoms with E-state index in [1.807, 2.05) is 21.1 Å². The summed E-state index contributed by atoms with van der Waals surface area (Å²) in [6, 6.07) is 0. The molecule has 0 aliphatic carbocycles. The molecule has 0 saturated heterocycles. The summed E-state index contributed by atoms with van der Waals surface area (Å²) < 4.78 is 33.8. The third-order valence-corrected chi connectivity index (χ3v) is 10.7. The van der Waals surface area contributed by atoms with Crippen LogP contribution in [-0.2, 0) is 32.7 Å². The Hall–Kier alpha value is -1.25. The number of quaternary nitrogens is 1. The number of likely N-dealkylation sites (N-methyl/N-ethyl adjacent to an activating group) is 1. The number of phosphoric ester groups is 1. The highest BCUT2D eigenvalue weighted by Gasteiger charge is 2.21. The molecule has 0 aromatic rings. The van der Waals surface area contributed by atoms with Gasteiger partial charge in [0.25, 0.3) is 7.82 Å². The van der Waals surface area contributed by atoms with E-state index in [0.717, 1.165) is 38.5 Å². The molecule has 0 N–H and O–H groups in total. The van der Waals surface area contributed by atoms with Gasteiger partial charge in [-0.1, -0.05) is 167 Å². The second kappa shape index (κ2) is 37.3. The second-order valence-corrected chi connectivity index (χ2v) is 17.8. The van der Waals surface area contributed by atoms with E-state index in [1.54, 1.807) is 0 Å². The molecular weight excluding hydrogens is 701 g/mol. The van der Waals surface area contributed by atoms with Crippen molar-refractivity contribution < 1.29 is 42.1 Å². The van der Waals surface area contributed by atoms with Crippen LogP contribution >= 0.6 is 7.82 Å². The Balaban J connectivity index is 4.22. The molecule has 54 heavy (non-hydrogen) atoms. The summed E-state index contributed by atoms with van der Waals surface area (Å²) in [4.78, 5) is 37.4. The maximum Gasteiger partial charge on any atom is 0.306 e. The van der Waals surface area contributed by atoms with Gasteiger partial charge in [0.15, 0.2) is 6.10 Å². The number of rotatable bonds is 41. The zero-order valence-electron chi connectivity index (χ0n) is 35.9. The third-order valence-electron chi connectivity index (χ3n) is 9.79. The lowest BCUT2D eigenvalue weighted by Crippen LogP contribution is -2.37. The first-order valence-corrected chi connectivity index (χ1v) is 23.9. The molecule has 0 aliphatic heterocycles. The number of nitrogens with zero attached hydrogens (tertiary/aromatic N) is 1. The smallest absolute Gasteiger partial charge is 0.306 e. The van der Waals surface area contributed by atoms with E-state index in [2.05, 4.69) is 26.0 Å². The molecule has 10 heteroatoms. The Morgan fingerprint density at radius 2 is 0.944 bits per heavy atom. The minimum atomic E-state index is -4.62. The summed E-state index contributed by atoms with van der Waals surface area (Å²) in [5.74, 6) is -0.832. The molecule has 0 spiro atoms. The standard InChI is InChI=1S/C44H86NO8P/c1-6-8-10-12-14-16-17-18-19-20-21-22-23-24-25-26-27-29-31-33-35-37-44(47)53-42(41-52-54(48,49)51-39-38-45(3,4)5)40-50-43(46)36-34-32-30-28-15-13-11-9-7-2/h20-21,42H,6-19,22-41H2,1-5H3/b21-20-. The normalized spacial score (nSPS) is 13.7. The molecule has 0 amide bonds. The lowest BCUT2D eigenvalue weighted by atomic mass is 10.1. The molecule has 2 unspecified atom stereocenters. The molecule has 0 aromatic carbocycles. The van der Waals surface area contributed by atoms with Gasteiger partial charge in [-0.2, -0.15) is 0 Å². The zero-order chi connectivity index (χ0) is 40.0. The van der Waals surface area contributed by atoms with Crippen LogP contribution in [0.5, 0.6) is 0 Å². The van der Waals surface area contributed by atoms with Crippen LogP contribution in [0, 0.1) is 0 Å². The van der Waals surface area contributed by atoms with Gasteiger partial charge < -0.3 is 27.9 Å². The predicted octanol–water partition coefficient (Wildman–Crippen LogP) is 11.9. The van der Waals surface area contributed by atoms with Crippen LogP contribution < -0.4 is 4.89 Å². The molecule has 320 valence electrons. The summed E-state index contributed by atoms with van der Waals surface area (Å²) >= 11 is 0. The number of hydrogen-bond donors (Lipinski definition) is 0. The average Bonchev–Trinajstić information content (AvgIpc) is 3.12. The van der Waals surface area contributed by atoms with Crippen LogP contribution in [-0.4, -0.2) is 70.0 Å². The Labute approximate surface area is 333 Å². The molecule has 0 aromatic heterocycles. The molecule has 0 aliphatic rings. The van der Waals surface area contributed by atoms with Crippen molar-refractivity contribution in [3.63, 3.8) is 0 Å². The molecule has 0 rings (SSSR count). The number of phosphoric acid groups is 1. The van der Waals surface area contributed by atoms with Gasteiger partial charge in [-0.05, 0) is 38.5 Å². The molecule has 0 fully saturated rings. The van der Waals surface area contributed by atoms with E-state index in [0.29, 0.717) is 17.4 Å². The van der Waals surface area contributed by atoms with E-state index in [1.165, 1.54) is 135 Å². The molecule has 0 saturated carbocycles. The van der Waals surface area contributed by atoms with Crippen molar-refractivity contribution >= 4 is 19.8 Å². The first-order chi connectivity index (χ1) is 26.0. The number of esters is 2. The first-order valence-electron chi connectivity index (χ1n) is 22.4. The van der Waals surface area contributed by atoms with E-state index in [4.69, 9.17) is 18.5 Å². The SMILES string of the molecule is CCCCCCCCCC/C=C\CCCCCCCCCCCC(=O)OC(COC(=O)CCCCCCCCCCC)COP(=O)([O-])OCC[N+](C)(C)C. The van der Waals surface area contributed by atoms with Crippen molar-refractivity contribution in [2.45, 2.75) is 213 Å². The second-order valence-electron chi connectivity index (χ2n) is 16.4. The number of carbonyl (C=O) groups is 2. The largest absolute Gasteiger partial charge is 0.756 e. The fourth-order valence-corrected chi connectivity index (χ4v) is 6.97. The van der Waals surface area contributed by atoms with Gasteiger partial charge in [0, 0.05) is 12.8 Å². The lowest BCUT2D eigenvalue weighted by molar-refractivity contribution is -0.870. The first kappa shape index (κ1) is 52.8. The minimum Gasteiger partial charge on any atom is -0.756 e. The van der Waals surface area contributed by atoms with Gasteiger partial charge in [0.2, 0.25) is 0 Å². The van der Waals surface area contributed by atoms with Crippen LogP contribution in [0.1, 0.15) is 206 Å². The van der Waals surface area contributed by atoms with Gasteiger partial charge >= 0.3 is 11.9 Å². The number of allylic oxidation sites excluding steroid dienone is 2. The van der Waals surface area contributed by atoms with Crippen molar-refractivity contribution in [2.24, 2.45) is 0 Å². The van der Waals surface area contributed by atoms with Gasteiger partial charge in [-0.3, -0.25) is 14.2 Å². The highest BCUT2D eigenvalue weighted by molar-refractivity contribution is 7.45. The maximum absolute atomic E-state index is 12.7. The Morgan fingerprint density at radius 1 is 0.556 bits per heavy atom. The van der Waals surface area contributed by atoms with Crippen molar-refractivity contribution in [3.8, 4) is 0 Å². The molecule has 0 bridgehead atoms. The van der Waals surface area contributed by atoms with Gasteiger partial charge in [-0.25, -0.2) is 0 Å². The predicted molar refractivity (Wildman–Crippen MR) is 222 cm³/mol. The van der Waals surface area contributed by atoms with Gasteiger partial charge in [0.1, 0.15) is 19.8 Å². The topological polar surface area (TPSA) is 111 Å². The van der Waals surface area contributed by atoms with Gasteiger partial charge in [0.05, 0.1) is 27.7 Å².